The average molecular weight is 314 g/mol. The Hall–Kier alpha value is -1.55. The van der Waals surface area contributed by atoms with E-state index in [1.54, 1.807) is 0 Å². The second-order valence-electron chi connectivity index (χ2n) is 7.57. The van der Waals surface area contributed by atoms with Crippen molar-refractivity contribution in [1.82, 2.24) is 5.32 Å². The number of carbonyl (C=O) groups excluding carboxylic acids is 1. The Kier molecular flexibility index (Phi) is 3.80. The van der Waals surface area contributed by atoms with Gasteiger partial charge in [0, 0.05) is 23.9 Å². The van der Waals surface area contributed by atoms with Crippen molar-refractivity contribution >= 4 is 5.91 Å². The standard InChI is InChI=1S/C19H26N2O2/c20-14-8-7-13(11-14)18(22)21-16-12-19(9-3-4-10-19)23-17-6-2-1-5-15(16)17/h1-2,5-6,13-14,16H,3-4,7-12,20H2,(H,21,22). The number of hydrogen-bond donors (Lipinski definition) is 2. The third-order valence-electron chi connectivity index (χ3n) is 5.87. The maximum atomic E-state index is 12.7. The molecule has 2 saturated carbocycles. The number of amides is 1. The highest BCUT2D eigenvalue weighted by molar-refractivity contribution is 5.79. The van der Waals surface area contributed by atoms with E-state index >= 15 is 0 Å². The van der Waals surface area contributed by atoms with E-state index in [-0.39, 0.29) is 29.5 Å². The molecule has 0 radical (unpaired) electrons. The van der Waals surface area contributed by atoms with E-state index in [0.29, 0.717) is 0 Å². The van der Waals surface area contributed by atoms with E-state index in [0.717, 1.165) is 49.8 Å². The van der Waals surface area contributed by atoms with Gasteiger partial charge in [-0.15, -0.1) is 0 Å². The first-order valence-corrected chi connectivity index (χ1v) is 8.99. The topological polar surface area (TPSA) is 64.4 Å². The van der Waals surface area contributed by atoms with Crippen molar-refractivity contribution < 1.29 is 9.53 Å². The fourth-order valence-electron chi connectivity index (χ4n) is 4.62. The molecule has 1 amide bonds. The molecule has 4 nitrogen and oxygen atoms in total. The Labute approximate surface area is 137 Å². The number of ether oxygens (including phenoxy) is 1. The third-order valence-corrected chi connectivity index (χ3v) is 5.87. The van der Waals surface area contributed by atoms with E-state index < -0.39 is 0 Å². The van der Waals surface area contributed by atoms with Crippen molar-refractivity contribution in [1.29, 1.82) is 0 Å². The van der Waals surface area contributed by atoms with E-state index in [1.807, 2.05) is 18.2 Å². The fraction of sp³-hybridized carbons (Fsp3) is 0.632. The molecule has 3 unspecified atom stereocenters. The number of para-hydroxylation sites is 1. The quantitative estimate of drug-likeness (QED) is 0.882. The molecule has 3 atom stereocenters. The van der Waals surface area contributed by atoms with Gasteiger partial charge in [0.2, 0.25) is 5.91 Å². The summed E-state index contributed by atoms with van der Waals surface area (Å²) in [5, 5.41) is 3.31. The van der Waals surface area contributed by atoms with Gasteiger partial charge in [-0.1, -0.05) is 18.2 Å². The summed E-state index contributed by atoms with van der Waals surface area (Å²) in [7, 11) is 0. The number of nitrogens with two attached hydrogens (primary N) is 1. The zero-order chi connectivity index (χ0) is 15.9. The van der Waals surface area contributed by atoms with Crippen molar-refractivity contribution in [2.45, 2.75) is 69.1 Å². The van der Waals surface area contributed by atoms with Crippen LogP contribution in [0.25, 0.3) is 0 Å². The second-order valence-corrected chi connectivity index (χ2v) is 7.57. The molecule has 2 aliphatic carbocycles. The molecule has 1 aromatic rings. The van der Waals surface area contributed by atoms with Gasteiger partial charge < -0.3 is 15.8 Å². The van der Waals surface area contributed by atoms with Crippen LogP contribution in [0.1, 0.15) is 63.0 Å². The summed E-state index contributed by atoms with van der Waals surface area (Å²) in [6, 6.07) is 8.43. The molecule has 23 heavy (non-hydrogen) atoms. The predicted molar refractivity (Wildman–Crippen MR) is 89.1 cm³/mol. The maximum absolute atomic E-state index is 12.7. The molecule has 3 N–H and O–H groups in total. The van der Waals surface area contributed by atoms with Crippen molar-refractivity contribution in [3.63, 3.8) is 0 Å². The lowest BCUT2D eigenvalue weighted by Gasteiger charge is -2.40. The van der Waals surface area contributed by atoms with Gasteiger partial charge in [0.25, 0.3) is 0 Å². The van der Waals surface area contributed by atoms with Gasteiger partial charge in [0.1, 0.15) is 11.4 Å². The summed E-state index contributed by atoms with van der Waals surface area (Å²) in [5.41, 5.74) is 7.02. The Morgan fingerprint density at radius 2 is 2.00 bits per heavy atom. The highest BCUT2D eigenvalue weighted by Gasteiger charge is 2.43. The van der Waals surface area contributed by atoms with Crippen LogP contribution >= 0.6 is 0 Å². The normalized spacial score (nSPS) is 31.6. The van der Waals surface area contributed by atoms with Crippen molar-refractivity contribution in [3.05, 3.63) is 29.8 Å². The first-order chi connectivity index (χ1) is 11.2. The lowest BCUT2D eigenvalue weighted by molar-refractivity contribution is -0.126. The largest absolute Gasteiger partial charge is 0.487 e. The molecule has 1 spiro atoms. The minimum atomic E-state index is -0.0711. The summed E-state index contributed by atoms with van der Waals surface area (Å²) < 4.78 is 6.36. The molecule has 1 aliphatic heterocycles. The molecule has 0 saturated heterocycles. The summed E-state index contributed by atoms with van der Waals surface area (Å²) in [6.45, 7) is 0. The highest BCUT2D eigenvalue weighted by atomic mass is 16.5. The molecule has 4 heteroatoms. The van der Waals surface area contributed by atoms with Crippen LogP contribution in [0.2, 0.25) is 0 Å². The van der Waals surface area contributed by atoms with Crippen LogP contribution in [0.15, 0.2) is 24.3 Å². The second kappa shape index (κ2) is 5.82. The van der Waals surface area contributed by atoms with Gasteiger partial charge in [0.05, 0.1) is 6.04 Å². The van der Waals surface area contributed by atoms with Gasteiger partial charge in [-0.25, -0.2) is 0 Å². The molecule has 4 rings (SSSR count). The highest BCUT2D eigenvalue weighted by Crippen LogP contribution is 2.47. The van der Waals surface area contributed by atoms with Crippen molar-refractivity contribution in [2.75, 3.05) is 0 Å². The van der Waals surface area contributed by atoms with Crippen LogP contribution in [0.4, 0.5) is 0 Å². The van der Waals surface area contributed by atoms with E-state index in [9.17, 15) is 4.79 Å². The van der Waals surface area contributed by atoms with Crippen LogP contribution in [0.3, 0.4) is 0 Å². The minimum absolute atomic E-state index is 0.0711. The van der Waals surface area contributed by atoms with Crippen LogP contribution in [-0.2, 0) is 4.79 Å². The Bertz CT molecular complexity index is 595. The lowest BCUT2D eigenvalue weighted by Crippen LogP contribution is -2.44. The van der Waals surface area contributed by atoms with Crippen LogP contribution < -0.4 is 15.8 Å². The SMILES string of the molecule is NC1CCC(C(=O)NC2CC3(CCCC3)Oc3ccccc32)C1. The molecule has 3 aliphatic rings. The fourth-order valence-corrected chi connectivity index (χ4v) is 4.62. The Balaban J connectivity index is 1.55. The molecule has 0 aromatic heterocycles. The summed E-state index contributed by atoms with van der Waals surface area (Å²) in [6.07, 6.45) is 8.25. The third kappa shape index (κ3) is 2.85. The van der Waals surface area contributed by atoms with Gasteiger partial charge in [-0.2, -0.15) is 0 Å². The van der Waals surface area contributed by atoms with E-state index in [1.165, 1.54) is 12.8 Å². The summed E-state index contributed by atoms with van der Waals surface area (Å²) in [4.78, 5) is 12.7. The maximum Gasteiger partial charge on any atom is 0.223 e. The Morgan fingerprint density at radius 3 is 2.74 bits per heavy atom. The Morgan fingerprint density at radius 1 is 1.22 bits per heavy atom. The van der Waals surface area contributed by atoms with Crippen molar-refractivity contribution in [2.24, 2.45) is 11.7 Å². The first-order valence-electron chi connectivity index (χ1n) is 8.99. The number of fused-ring (bicyclic) bond motifs is 1. The minimum Gasteiger partial charge on any atom is -0.487 e. The first kappa shape index (κ1) is 15.0. The molecule has 1 heterocycles. The molecular formula is C19H26N2O2. The summed E-state index contributed by atoms with van der Waals surface area (Å²) in [5.74, 6) is 1.21. The lowest BCUT2D eigenvalue weighted by atomic mass is 9.85. The van der Waals surface area contributed by atoms with E-state index in [2.05, 4.69) is 11.4 Å². The molecular weight excluding hydrogens is 288 g/mol. The number of hydrogen-bond acceptors (Lipinski definition) is 3. The van der Waals surface area contributed by atoms with Crippen LogP contribution in [0.5, 0.6) is 5.75 Å². The average Bonchev–Trinajstić information content (AvgIpc) is 3.17. The molecule has 0 bridgehead atoms. The van der Waals surface area contributed by atoms with Gasteiger partial charge in [-0.05, 0) is 51.0 Å². The number of rotatable bonds is 2. The number of carbonyl (C=O) groups is 1. The van der Waals surface area contributed by atoms with Gasteiger partial charge in [-0.3, -0.25) is 4.79 Å². The molecule has 124 valence electrons. The molecule has 2 fully saturated rings. The van der Waals surface area contributed by atoms with Crippen LogP contribution in [-0.4, -0.2) is 17.6 Å². The zero-order valence-corrected chi connectivity index (χ0v) is 13.6. The monoisotopic (exact) mass is 314 g/mol. The van der Waals surface area contributed by atoms with Crippen LogP contribution in [0, 0.1) is 5.92 Å². The van der Waals surface area contributed by atoms with Gasteiger partial charge in [0.15, 0.2) is 0 Å². The predicted octanol–water partition coefficient (Wildman–Crippen LogP) is 3.07. The van der Waals surface area contributed by atoms with Gasteiger partial charge >= 0.3 is 0 Å². The number of nitrogens with one attached hydrogen (secondary N) is 1. The zero-order valence-electron chi connectivity index (χ0n) is 13.6. The smallest absolute Gasteiger partial charge is 0.223 e. The molecule has 1 aromatic carbocycles. The number of benzene rings is 1. The van der Waals surface area contributed by atoms with E-state index in [4.69, 9.17) is 10.5 Å². The summed E-state index contributed by atoms with van der Waals surface area (Å²) >= 11 is 0. The van der Waals surface area contributed by atoms with Crippen molar-refractivity contribution in [3.8, 4) is 5.75 Å².